The Kier molecular flexibility index (Phi) is 8.46. The van der Waals surface area contributed by atoms with E-state index in [0.29, 0.717) is 6.54 Å². The van der Waals surface area contributed by atoms with Crippen molar-refractivity contribution in [2.24, 2.45) is 0 Å². The fourth-order valence-corrected chi connectivity index (χ4v) is 3.27. The van der Waals surface area contributed by atoms with Crippen LogP contribution in [0.4, 0.5) is 0 Å². The highest BCUT2D eigenvalue weighted by molar-refractivity contribution is 5.88. The molecule has 2 rings (SSSR count). The quantitative estimate of drug-likeness (QED) is 0.674. The summed E-state index contributed by atoms with van der Waals surface area (Å²) in [6.07, 6.45) is 1.10. The molecule has 2 aromatic rings. The number of hydrogen-bond acceptors (Lipinski definition) is 3. The van der Waals surface area contributed by atoms with Crippen molar-refractivity contribution in [3.05, 3.63) is 64.7 Å². The number of aryl methyl sites for hydroxylation is 2. The predicted octanol–water partition coefficient (Wildman–Crippen LogP) is 4.19. The lowest BCUT2D eigenvalue weighted by Gasteiger charge is -2.30. The minimum absolute atomic E-state index is 0.0627. The molecular weight excluding hydrogens is 376 g/mol. The van der Waals surface area contributed by atoms with Crippen LogP contribution in [-0.4, -0.2) is 35.9 Å². The highest BCUT2D eigenvalue weighted by Gasteiger charge is 2.27. The highest BCUT2D eigenvalue weighted by atomic mass is 16.5. The van der Waals surface area contributed by atoms with Gasteiger partial charge in [-0.1, -0.05) is 42.8 Å². The van der Waals surface area contributed by atoms with Crippen molar-refractivity contribution < 1.29 is 14.3 Å². The van der Waals surface area contributed by atoms with Crippen LogP contribution in [0.2, 0.25) is 0 Å². The van der Waals surface area contributed by atoms with Crippen LogP contribution in [0, 0.1) is 13.8 Å². The monoisotopic (exact) mass is 410 g/mol. The van der Waals surface area contributed by atoms with E-state index in [2.05, 4.69) is 5.32 Å². The highest BCUT2D eigenvalue weighted by Crippen LogP contribution is 2.18. The molecule has 0 fully saturated rings. The van der Waals surface area contributed by atoms with E-state index in [4.69, 9.17) is 4.74 Å². The molecule has 0 saturated carbocycles. The molecule has 0 aliphatic rings. The lowest BCUT2D eigenvalue weighted by Crippen LogP contribution is -2.49. The van der Waals surface area contributed by atoms with Gasteiger partial charge in [0.15, 0.2) is 0 Å². The van der Waals surface area contributed by atoms with Crippen LogP contribution in [0.5, 0.6) is 5.75 Å². The number of amides is 2. The summed E-state index contributed by atoms with van der Waals surface area (Å²) in [4.78, 5) is 27.8. The van der Waals surface area contributed by atoms with Gasteiger partial charge in [-0.2, -0.15) is 0 Å². The molecule has 0 bridgehead atoms. The lowest BCUT2D eigenvalue weighted by molar-refractivity contribution is -0.140. The van der Waals surface area contributed by atoms with E-state index in [-0.39, 0.29) is 24.3 Å². The van der Waals surface area contributed by atoms with Crippen LogP contribution >= 0.6 is 0 Å². The molecule has 0 aliphatic heterocycles. The molecule has 5 heteroatoms. The Morgan fingerprint density at radius 3 is 2.50 bits per heavy atom. The van der Waals surface area contributed by atoms with Crippen LogP contribution in [0.15, 0.2) is 42.5 Å². The van der Waals surface area contributed by atoms with Crippen molar-refractivity contribution in [2.75, 3.05) is 7.11 Å². The predicted molar refractivity (Wildman–Crippen MR) is 121 cm³/mol. The number of benzene rings is 2. The molecule has 0 spiro atoms. The van der Waals surface area contributed by atoms with Crippen molar-refractivity contribution in [3.8, 4) is 5.75 Å². The van der Waals surface area contributed by atoms with Gasteiger partial charge in [-0.3, -0.25) is 9.59 Å². The number of rotatable bonds is 9. The molecule has 0 aromatic heterocycles. The van der Waals surface area contributed by atoms with E-state index >= 15 is 0 Å². The molecule has 1 N–H and O–H groups in total. The van der Waals surface area contributed by atoms with Crippen LogP contribution in [-0.2, 0) is 22.6 Å². The smallest absolute Gasteiger partial charge is 0.242 e. The lowest BCUT2D eigenvalue weighted by atomic mass is 10.0. The molecule has 162 valence electrons. The molecule has 2 atom stereocenters. The molecule has 30 heavy (non-hydrogen) atoms. The summed E-state index contributed by atoms with van der Waals surface area (Å²) in [5.74, 6) is 0.519. The Morgan fingerprint density at radius 1 is 1.10 bits per heavy atom. The topological polar surface area (TPSA) is 58.6 Å². The van der Waals surface area contributed by atoms with Gasteiger partial charge >= 0.3 is 0 Å². The van der Waals surface area contributed by atoms with Crippen LogP contribution in [0.3, 0.4) is 0 Å². The maximum atomic E-state index is 13.4. The summed E-state index contributed by atoms with van der Waals surface area (Å²) >= 11 is 0. The summed E-state index contributed by atoms with van der Waals surface area (Å²) in [7, 11) is 1.62. The number of methoxy groups -OCH3 is 1. The van der Waals surface area contributed by atoms with E-state index < -0.39 is 6.04 Å². The Hall–Kier alpha value is -2.82. The van der Waals surface area contributed by atoms with Gasteiger partial charge in [-0.05, 0) is 62.9 Å². The molecule has 0 saturated heterocycles. The zero-order valence-corrected chi connectivity index (χ0v) is 19.0. The second kappa shape index (κ2) is 10.8. The fraction of sp³-hybridized carbons (Fsp3) is 0.440. The first-order valence-electron chi connectivity index (χ1n) is 10.5. The zero-order chi connectivity index (χ0) is 22.3. The molecule has 2 amide bonds. The molecule has 5 nitrogen and oxygen atoms in total. The van der Waals surface area contributed by atoms with Crippen molar-refractivity contribution in [1.82, 2.24) is 10.2 Å². The average molecular weight is 411 g/mol. The summed E-state index contributed by atoms with van der Waals surface area (Å²) in [6.45, 7) is 10.1. The van der Waals surface area contributed by atoms with Gasteiger partial charge in [-0.25, -0.2) is 0 Å². The van der Waals surface area contributed by atoms with Gasteiger partial charge in [0.05, 0.1) is 13.5 Å². The molecule has 0 unspecified atom stereocenters. The number of carbonyl (C=O) groups excluding carboxylic acids is 2. The van der Waals surface area contributed by atoms with E-state index in [1.54, 1.807) is 18.9 Å². The van der Waals surface area contributed by atoms with Gasteiger partial charge in [0.25, 0.3) is 0 Å². The Bertz CT molecular complexity index is 878. The van der Waals surface area contributed by atoms with E-state index in [9.17, 15) is 9.59 Å². The minimum atomic E-state index is -0.581. The Balaban J connectivity index is 2.29. The number of nitrogens with zero attached hydrogens (tertiary/aromatic N) is 1. The normalized spacial score (nSPS) is 12.7. The van der Waals surface area contributed by atoms with Gasteiger partial charge < -0.3 is 15.0 Å². The summed E-state index contributed by atoms with van der Waals surface area (Å²) in [5, 5.41) is 3.00. The molecule has 0 aliphatic carbocycles. The van der Waals surface area contributed by atoms with Crippen LogP contribution < -0.4 is 10.1 Å². The van der Waals surface area contributed by atoms with Gasteiger partial charge in [-0.15, -0.1) is 0 Å². The second-order valence-electron chi connectivity index (χ2n) is 7.97. The maximum absolute atomic E-state index is 13.4. The minimum Gasteiger partial charge on any atom is -0.497 e. The second-order valence-corrected chi connectivity index (χ2v) is 7.97. The molecule has 0 heterocycles. The Labute approximate surface area is 180 Å². The summed E-state index contributed by atoms with van der Waals surface area (Å²) < 4.78 is 5.31. The van der Waals surface area contributed by atoms with Crippen molar-refractivity contribution in [1.29, 1.82) is 0 Å². The van der Waals surface area contributed by atoms with E-state index in [1.807, 2.05) is 70.2 Å². The van der Waals surface area contributed by atoms with Crippen molar-refractivity contribution in [3.63, 3.8) is 0 Å². The zero-order valence-electron chi connectivity index (χ0n) is 19.0. The molecular formula is C25H34N2O3. The van der Waals surface area contributed by atoms with Gasteiger partial charge in [0, 0.05) is 12.6 Å². The average Bonchev–Trinajstić information content (AvgIpc) is 2.73. The maximum Gasteiger partial charge on any atom is 0.242 e. The first kappa shape index (κ1) is 23.5. The number of hydrogen-bond donors (Lipinski definition) is 1. The first-order valence-corrected chi connectivity index (χ1v) is 10.5. The largest absolute Gasteiger partial charge is 0.497 e. The fourth-order valence-electron chi connectivity index (χ4n) is 3.27. The van der Waals surface area contributed by atoms with Gasteiger partial charge in [0.2, 0.25) is 11.8 Å². The standard InChI is InChI=1S/C25H34N2O3/c1-7-19(4)26-25(29)20(5)27(16-21-9-8-10-23(14-21)30-6)24(28)15-22-13-17(2)11-12-18(22)3/h8-14,19-20H,7,15-16H2,1-6H3,(H,26,29)/t19-,20+/m0/s1. The van der Waals surface area contributed by atoms with Crippen molar-refractivity contribution in [2.45, 2.75) is 66.1 Å². The number of ether oxygens (including phenoxy) is 1. The van der Waals surface area contributed by atoms with Crippen LogP contribution in [0.25, 0.3) is 0 Å². The van der Waals surface area contributed by atoms with E-state index in [1.165, 1.54) is 0 Å². The molecule has 2 aromatic carbocycles. The van der Waals surface area contributed by atoms with E-state index in [0.717, 1.165) is 34.4 Å². The Morgan fingerprint density at radius 2 is 1.83 bits per heavy atom. The summed E-state index contributed by atoms with van der Waals surface area (Å²) in [6, 6.07) is 13.2. The SMILES string of the molecule is CC[C@H](C)NC(=O)[C@@H](C)N(Cc1cccc(OC)c1)C(=O)Cc1cc(C)ccc1C. The van der Waals surface area contributed by atoms with Crippen LogP contribution in [0.1, 0.15) is 49.4 Å². The third-order valence-electron chi connectivity index (χ3n) is 5.50. The third-order valence-corrected chi connectivity index (χ3v) is 5.50. The number of nitrogens with one attached hydrogen (secondary N) is 1. The first-order chi connectivity index (χ1) is 14.2. The molecule has 0 radical (unpaired) electrons. The number of carbonyl (C=O) groups is 2. The third kappa shape index (κ3) is 6.34. The van der Waals surface area contributed by atoms with Gasteiger partial charge in [0.1, 0.15) is 11.8 Å². The van der Waals surface area contributed by atoms with Crippen molar-refractivity contribution >= 4 is 11.8 Å². The summed E-state index contributed by atoms with van der Waals surface area (Å²) in [5.41, 5.74) is 4.11.